The van der Waals surface area contributed by atoms with Crippen LogP contribution in [0.5, 0.6) is 0 Å². The van der Waals surface area contributed by atoms with E-state index in [1.54, 1.807) is 7.11 Å². The van der Waals surface area contributed by atoms with E-state index in [2.05, 4.69) is 9.47 Å². The molecule has 0 aliphatic rings. The molecule has 44 valence electrons. The second-order valence-corrected chi connectivity index (χ2v) is 1.03. The lowest BCUT2D eigenvalue weighted by Gasteiger charge is -1.95. The van der Waals surface area contributed by atoms with Gasteiger partial charge in [-0.05, 0) is 0 Å². The van der Waals surface area contributed by atoms with Crippen LogP contribution in [-0.4, -0.2) is 32.2 Å². The maximum Gasteiger partial charge on any atom is 0.143 e. The lowest BCUT2D eigenvalue weighted by atomic mass is 10.8. The van der Waals surface area contributed by atoms with Crippen LogP contribution in [0.25, 0.3) is 0 Å². The number of ether oxygens (including phenoxy) is 2. The lowest BCUT2D eigenvalue weighted by molar-refractivity contribution is -0.0221. The van der Waals surface area contributed by atoms with Gasteiger partial charge in [0.05, 0.1) is 13.2 Å². The van der Waals surface area contributed by atoms with Crippen molar-refractivity contribution in [1.29, 1.82) is 0 Å². The van der Waals surface area contributed by atoms with Gasteiger partial charge in [0.1, 0.15) is 6.79 Å². The Kier molecular flexibility index (Phi) is 5.78. The molecule has 0 fully saturated rings. The van der Waals surface area contributed by atoms with E-state index in [9.17, 15) is 0 Å². The van der Waals surface area contributed by atoms with Crippen LogP contribution in [0, 0.1) is 0 Å². The van der Waals surface area contributed by atoms with E-state index < -0.39 is 0 Å². The van der Waals surface area contributed by atoms with E-state index in [4.69, 9.17) is 5.11 Å². The molecule has 0 aliphatic carbocycles. The Morgan fingerprint density at radius 1 is 1.43 bits per heavy atom. The second-order valence-electron chi connectivity index (χ2n) is 1.03. The van der Waals surface area contributed by atoms with Crippen molar-refractivity contribution in [3.05, 3.63) is 0 Å². The van der Waals surface area contributed by atoms with Crippen LogP contribution < -0.4 is 0 Å². The number of aliphatic hydroxyl groups excluding tert-OH is 1. The predicted molar refractivity (Wildman–Crippen MR) is 24.9 cm³/mol. The summed E-state index contributed by atoms with van der Waals surface area (Å²) in [5.41, 5.74) is 0. The average molecular weight is 106 g/mol. The fourth-order valence-corrected chi connectivity index (χ4v) is 0.207. The van der Waals surface area contributed by atoms with Gasteiger partial charge in [0.15, 0.2) is 0 Å². The molecule has 0 saturated heterocycles. The maximum atomic E-state index is 8.02. The summed E-state index contributed by atoms with van der Waals surface area (Å²) in [6.45, 7) is 0.789. The lowest BCUT2D eigenvalue weighted by Crippen LogP contribution is -2.01. The largest absolute Gasteiger partial charge is 0.382 e. The molecule has 0 aromatic carbocycles. The van der Waals surface area contributed by atoms with E-state index in [0.717, 1.165) is 0 Å². The Morgan fingerprint density at radius 3 is 2.57 bits per heavy atom. The second kappa shape index (κ2) is 5.88. The van der Waals surface area contributed by atoms with Gasteiger partial charge >= 0.3 is 0 Å². The Morgan fingerprint density at radius 2 is 2.14 bits per heavy atom. The molecule has 0 aliphatic heterocycles. The molecule has 0 radical (unpaired) electrons. The minimum atomic E-state index is -0.219. The number of methoxy groups -OCH3 is 1. The standard InChI is InChI=1S/C4H10O3/c1-6-2-3-7-4-5/h5H,2-4H2,1H3. The average Bonchev–Trinajstić information content (AvgIpc) is 1.69. The van der Waals surface area contributed by atoms with Crippen molar-refractivity contribution < 1.29 is 14.6 Å². The van der Waals surface area contributed by atoms with Crippen molar-refractivity contribution in [2.24, 2.45) is 0 Å². The molecule has 0 bridgehead atoms. The number of hydrogen-bond acceptors (Lipinski definition) is 3. The van der Waals surface area contributed by atoms with Gasteiger partial charge in [0, 0.05) is 7.11 Å². The topological polar surface area (TPSA) is 38.7 Å². The van der Waals surface area contributed by atoms with Gasteiger partial charge < -0.3 is 14.6 Å². The fourth-order valence-electron chi connectivity index (χ4n) is 0.207. The normalized spacial score (nSPS) is 9.43. The van der Waals surface area contributed by atoms with E-state index in [-0.39, 0.29) is 6.79 Å². The summed E-state index contributed by atoms with van der Waals surface area (Å²) in [7, 11) is 1.58. The van der Waals surface area contributed by atoms with Gasteiger partial charge in [-0.25, -0.2) is 0 Å². The monoisotopic (exact) mass is 106 g/mol. The van der Waals surface area contributed by atoms with Crippen molar-refractivity contribution in [3.8, 4) is 0 Å². The molecule has 0 spiro atoms. The summed E-state index contributed by atoms with van der Waals surface area (Å²) >= 11 is 0. The van der Waals surface area contributed by atoms with Gasteiger partial charge in [-0.2, -0.15) is 0 Å². The Balaban J connectivity index is 2.45. The van der Waals surface area contributed by atoms with E-state index in [1.807, 2.05) is 0 Å². The third kappa shape index (κ3) is 5.88. The van der Waals surface area contributed by atoms with Gasteiger partial charge in [-0.1, -0.05) is 0 Å². The molecule has 0 aromatic rings. The number of rotatable bonds is 4. The summed E-state index contributed by atoms with van der Waals surface area (Å²) in [6.07, 6.45) is 0. The highest BCUT2D eigenvalue weighted by Gasteiger charge is 1.78. The number of hydrogen-bond donors (Lipinski definition) is 1. The highest BCUT2D eigenvalue weighted by Crippen LogP contribution is 1.69. The molecule has 0 rings (SSSR count). The molecule has 1 N–H and O–H groups in total. The Labute approximate surface area is 42.9 Å². The van der Waals surface area contributed by atoms with Crippen molar-refractivity contribution in [2.75, 3.05) is 27.1 Å². The van der Waals surface area contributed by atoms with Crippen LogP contribution in [0.4, 0.5) is 0 Å². The zero-order valence-electron chi connectivity index (χ0n) is 4.39. The third-order valence-electron chi connectivity index (χ3n) is 0.523. The summed E-state index contributed by atoms with van der Waals surface area (Å²) in [5, 5.41) is 8.02. The van der Waals surface area contributed by atoms with Crippen LogP contribution in [0.2, 0.25) is 0 Å². The van der Waals surface area contributed by atoms with Crippen LogP contribution >= 0.6 is 0 Å². The highest BCUT2D eigenvalue weighted by atomic mass is 16.6. The number of aliphatic hydroxyl groups is 1. The highest BCUT2D eigenvalue weighted by molar-refractivity contribution is 4.19. The first-order chi connectivity index (χ1) is 3.41. The SMILES string of the molecule is COCCOCO. The van der Waals surface area contributed by atoms with Crippen LogP contribution in [0.1, 0.15) is 0 Å². The molecule has 0 atom stereocenters. The van der Waals surface area contributed by atoms with Crippen molar-refractivity contribution >= 4 is 0 Å². The minimum absolute atomic E-state index is 0.219. The molecule has 3 heteroatoms. The first kappa shape index (κ1) is 6.88. The van der Waals surface area contributed by atoms with E-state index in [1.165, 1.54) is 0 Å². The smallest absolute Gasteiger partial charge is 0.143 e. The molecular weight excluding hydrogens is 96.0 g/mol. The Hall–Kier alpha value is -0.120. The summed E-state index contributed by atoms with van der Waals surface area (Å²) < 4.78 is 9.11. The fraction of sp³-hybridized carbons (Fsp3) is 1.00. The molecule has 0 saturated carbocycles. The van der Waals surface area contributed by atoms with Gasteiger partial charge in [0.25, 0.3) is 0 Å². The molecule has 0 unspecified atom stereocenters. The van der Waals surface area contributed by atoms with Gasteiger partial charge in [-0.15, -0.1) is 0 Å². The quantitative estimate of drug-likeness (QED) is 0.391. The summed E-state index contributed by atoms with van der Waals surface area (Å²) in [5.74, 6) is 0. The maximum absolute atomic E-state index is 8.02. The third-order valence-corrected chi connectivity index (χ3v) is 0.523. The van der Waals surface area contributed by atoms with Crippen molar-refractivity contribution in [2.45, 2.75) is 0 Å². The van der Waals surface area contributed by atoms with Crippen LogP contribution in [0.3, 0.4) is 0 Å². The van der Waals surface area contributed by atoms with Gasteiger partial charge in [0.2, 0.25) is 0 Å². The molecule has 0 amide bonds. The van der Waals surface area contributed by atoms with Crippen molar-refractivity contribution in [1.82, 2.24) is 0 Å². The summed E-state index contributed by atoms with van der Waals surface area (Å²) in [4.78, 5) is 0. The van der Waals surface area contributed by atoms with E-state index >= 15 is 0 Å². The molecule has 3 nitrogen and oxygen atoms in total. The zero-order chi connectivity index (χ0) is 5.54. The van der Waals surface area contributed by atoms with Crippen LogP contribution in [0.15, 0.2) is 0 Å². The predicted octanol–water partition coefficient (Wildman–Crippen LogP) is -0.401. The first-order valence-corrected chi connectivity index (χ1v) is 2.09. The van der Waals surface area contributed by atoms with Crippen molar-refractivity contribution in [3.63, 3.8) is 0 Å². The minimum Gasteiger partial charge on any atom is -0.382 e. The molecule has 0 heterocycles. The molecule has 7 heavy (non-hydrogen) atoms. The van der Waals surface area contributed by atoms with Crippen LogP contribution in [-0.2, 0) is 9.47 Å². The van der Waals surface area contributed by atoms with E-state index in [0.29, 0.717) is 13.2 Å². The first-order valence-electron chi connectivity index (χ1n) is 2.09. The van der Waals surface area contributed by atoms with Gasteiger partial charge in [-0.3, -0.25) is 0 Å². The molecular formula is C4H10O3. The molecule has 0 aromatic heterocycles. The summed E-state index contributed by atoms with van der Waals surface area (Å²) in [6, 6.07) is 0. The Bertz CT molecular complexity index is 26.1. The zero-order valence-corrected chi connectivity index (χ0v) is 4.39.